The van der Waals surface area contributed by atoms with E-state index in [2.05, 4.69) is 15.3 Å². The first-order chi connectivity index (χ1) is 10.7. The Hall–Kier alpha value is -2.89. The molecule has 0 unspecified atom stereocenters. The number of benzene rings is 1. The second-order valence-electron chi connectivity index (χ2n) is 4.78. The smallest absolute Gasteiger partial charge is 0.267 e. The molecule has 0 fully saturated rings. The van der Waals surface area contributed by atoms with Crippen LogP contribution in [0.2, 0.25) is 0 Å². The van der Waals surface area contributed by atoms with Crippen molar-refractivity contribution in [3.05, 3.63) is 59.7 Å². The maximum absolute atomic E-state index is 13.6. The third-order valence-corrected chi connectivity index (χ3v) is 3.32. The summed E-state index contributed by atoms with van der Waals surface area (Å²) < 4.78 is 18.6. The summed E-state index contributed by atoms with van der Waals surface area (Å²) in [5.74, 6) is -0.139. The van der Waals surface area contributed by atoms with Crippen LogP contribution in [0, 0.1) is 5.82 Å². The lowest BCUT2D eigenvalue weighted by Crippen LogP contribution is -2.23. The summed E-state index contributed by atoms with van der Waals surface area (Å²) in [5.41, 5.74) is 1.76. The SMILES string of the molecule is COc1ccc(CNC(=O)c2cc3c(F)cccc3[nH]2)cn1. The fraction of sp³-hybridized carbons (Fsp3) is 0.125. The van der Waals surface area contributed by atoms with Crippen LogP contribution >= 0.6 is 0 Å². The van der Waals surface area contributed by atoms with Gasteiger partial charge < -0.3 is 15.0 Å². The topological polar surface area (TPSA) is 67.0 Å². The predicted molar refractivity (Wildman–Crippen MR) is 80.2 cm³/mol. The number of carbonyl (C=O) groups is 1. The van der Waals surface area contributed by atoms with Gasteiger partial charge in [-0.2, -0.15) is 0 Å². The Morgan fingerprint density at radius 2 is 2.23 bits per heavy atom. The van der Waals surface area contributed by atoms with Gasteiger partial charge in [-0.05, 0) is 23.8 Å². The second kappa shape index (κ2) is 5.85. The molecule has 1 aromatic carbocycles. The van der Waals surface area contributed by atoms with E-state index < -0.39 is 0 Å². The minimum atomic E-state index is -0.354. The zero-order valence-electron chi connectivity index (χ0n) is 11.9. The highest BCUT2D eigenvalue weighted by molar-refractivity contribution is 5.98. The molecule has 2 aromatic heterocycles. The Labute approximate surface area is 126 Å². The number of fused-ring (bicyclic) bond motifs is 1. The van der Waals surface area contributed by atoms with Gasteiger partial charge in [-0.25, -0.2) is 9.37 Å². The Morgan fingerprint density at radius 3 is 2.91 bits per heavy atom. The summed E-state index contributed by atoms with van der Waals surface area (Å²) in [4.78, 5) is 19.1. The van der Waals surface area contributed by atoms with Gasteiger partial charge in [0, 0.05) is 29.7 Å². The number of rotatable bonds is 4. The molecular formula is C16H14FN3O2. The summed E-state index contributed by atoms with van der Waals surface area (Å²) in [6.45, 7) is 0.327. The summed E-state index contributed by atoms with van der Waals surface area (Å²) >= 11 is 0. The zero-order valence-corrected chi connectivity index (χ0v) is 11.9. The van der Waals surface area contributed by atoms with E-state index in [-0.39, 0.29) is 11.7 Å². The van der Waals surface area contributed by atoms with Crippen LogP contribution in [0.15, 0.2) is 42.6 Å². The van der Waals surface area contributed by atoms with E-state index in [1.807, 2.05) is 6.07 Å². The molecule has 0 aliphatic heterocycles. The normalized spacial score (nSPS) is 10.6. The van der Waals surface area contributed by atoms with E-state index in [9.17, 15) is 9.18 Å². The van der Waals surface area contributed by atoms with Gasteiger partial charge in [0.2, 0.25) is 5.88 Å². The number of pyridine rings is 1. The van der Waals surface area contributed by atoms with Crippen LogP contribution in [0.4, 0.5) is 4.39 Å². The molecule has 3 aromatic rings. The predicted octanol–water partition coefficient (Wildman–Crippen LogP) is 2.64. The number of H-pyrrole nitrogens is 1. The van der Waals surface area contributed by atoms with E-state index in [1.165, 1.54) is 12.1 Å². The molecular weight excluding hydrogens is 285 g/mol. The average molecular weight is 299 g/mol. The van der Waals surface area contributed by atoms with E-state index in [0.29, 0.717) is 29.0 Å². The van der Waals surface area contributed by atoms with Crippen LogP contribution < -0.4 is 10.1 Å². The maximum atomic E-state index is 13.6. The molecule has 0 bridgehead atoms. The Balaban J connectivity index is 1.71. The van der Waals surface area contributed by atoms with Gasteiger partial charge in [-0.1, -0.05) is 12.1 Å². The minimum absolute atomic E-state index is 0.300. The number of aromatic amines is 1. The van der Waals surface area contributed by atoms with Crippen LogP contribution in [-0.4, -0.2) is 23.0 Å². The molecule has 0 spiro atoms. The van der Waals surface area contributed by atoms with Crippen molar-refractivity contribution in [1.82, 2.24) is 15.3 Å². The van der Waals surface area contributed by atoms with E-state index in [4.69, 9.17) is 4.74 Å². The number of hydrogen-bond donors (Lipinski definition) is 2. The summed E-state index contributed by atoms with van der Waals surface area (Å²) in [6, 6.07) is 9.73. The minimum Gasteiger partial charge on any atom is -0.481 e. The molecule has 0 aliphatic carbocycles. The highest BCUT2D eigenvalue weighted by Gasteiger charge is 2.11. The quantitative estimate of drug-likeness (QED) is 0.778. The number of amides is 1. The van der Waals surface area contributed by atoms with Crippen molar-refractivity contribution in [1.29, 1.82) is 0 Å². The highest BCUT2D eigenvalue weighted by atomic mass is 19.1. The van der Waals surface area contributed by atoms with Gasteiger partial charge in [0.1, 0.15) is 11.5 Å². The molecule has 0 atom stereocenters. The maximum Gasteiger partial charge on any atom is 0.267 e. The van der Waals surface area contributed by atoms with Gasteiger partial charge >= 0.3 is 0 Å². The lowest BCUT2D eigenvalue weighted by Gasteiger charge is -2.04. The van der Waals surface area contributed by atoms with Crippen molar-refractivity contribution in [3.8, 4) is 5.88 Å². The Bertz CT molecular complexity index is 812. The number of nitrogens with one attached hydrogen (secondary N) is 2. The van der Waals surface area contributed by atoms with Crippen molar-refractivity contribution in [3.63, 3.8) is 0 Å². The van der Waals surface area contributed by atoms with Crippen LogP contribution in [0.5, 0.6) is 5.88 Å². The first kappa shape index (κ1) is 14.1. The van der Waals surface area contributed by atoms with Gasteiger partial charge in [0.15, 0.2) is 0 Å². The van der Waals surface area contributed by atoms with Crippen LogP contribution in [0.25, 0.3) is 10.9 Å². The third kappa shape index (κ3) is 2.76. The van der Waals surface area contributed by atoms with E-state index >= 15 is 0 Å². The number of ether oxygens (including phenoxy) is 1. The fourth-order valence-electron chi connectivity index (χ4n) is 2.15. The number of halogens is 1. The lowest BCUT2D eigenvalue weighted by molar-refractivity contribution is 0.0946. The van der Waals surface area contributed by atoms with Crippen molar-refractivity contribution < 1.29 is 13.9 Å². The molecule has 0 saturated heterocycles. The number of methoxy groups -OCH3 is 1. The molecule has 0 aliphatic rings. The third-order valence-electron chi connectivity index (χ3n) is 3.32. The first-order valence-corrected chi connectivity index (χ1v) is 6.72. The number of hydrogen-bond acceptors (Lipinski definition) is 3. The summed E-state index contributed by atoms with van der Waals surface area (Å²) in [7, 11) is 1.54. The van der Waals surface area contributed by atoms with Gasteiger partial charge in [0.05, 0.1) is 7.11 Å². The second-order valence-corrected chi connectivity index (χ2v) is 4.78. The molecule has 112 valence electrons. The van der Waals surface area contributed by atoms with E-state index in [1.54, 1.807) is 31.5 Å². The fourth-order valence-corrected chi connectivity index (χ4v) is 2.15. The van der Waals surface area contributed by atoms with Gasteiger partial charge in [-0.3, -0.25) is 4.79 Å². The molecule has 0 radical (unpaired) electrons. The Morgan fingerprint density at radius 1 is 1.36 bits per heavy atom. The van der Waals surface area contributed by atoms with Crippen molar-refractivity contribution >= 4 is 16.8 Å². The largest absolute Gasteiger partial charge is 0.481 e. The van der Waals surface area contributed by atoms with Gasteiger partial charge in [-0.15, -0.1) is 0 Å². The average Bonchev–Trinajstić information content (AvgIpc) is 2.99. The molecule has 2 N–H and O–H groups in total. The number of nitrogens with zero attached hydrogens (tertiary/aromatic N) is 1. The molecule has 22 heavy (non-hydrogen) atoms. The standard InChI is InChI=1S/C16H14FN3O2/c1-22-15-6-5-10(8-18-15)9-19-16(21)14-7-11-12(17)3-2-4-13(11)20-14/h2-8,20H,9H2,1H3,(H,19,21). The zero-order chi connectivity index (χ0) is 15.5. The monoisotopic (exact) mass is 299 g/mol. The van der Waals surface area contributed by atoms with E-state index in [0.717, 1.165) is 5.56 Å². The van der Waals surface area contributed by atoms with Crippen LogP contribution in [-0.2, 0) is 6.54 Å². The summed E-state index contributed by atoms with van der Waals surface area (Å²) in [5, 5.41) is 3.16. The first-order valence-electron chi connectivity index (χ1n) is 6.72. The van der Waals surface area contributed by atoms with Crippen molar-refractivity contribution in [2.75, 3.05) is 7.11 Å². The van der Waals surface area contributed by atoms with Crippen molar-refractivity contribution in [2.24, 2.45) is 0 Å². The summed E-state index contributed by atoms with van der Waals surface area (Å²) in [6.07, 6.45) is 1.63. The van der Waals surface area contributed by atoms with Crippen molar-refractivity contribution in [2.45, 2.75) is 6.54 Å². The van der Waals surface area contributed by atoms with Crippen LogP contribution in [0.1, 0.15) is 16.1 Å². The number of carbonyl (C=O) groups excluding carboxylic acids is 1. The molecule has 1 amide bonds. The highest BCUT2D eigenvalue weighted by Crippen LogP contribution is 2.18. The molecule has 6 heteroatoms. The Kier molecular flexibility index (Phi) is 3.74. The van der Waals surface area contributed by atoms with Gasteiger partial charge in [0.25, 0.3) is 5.91 Å². The number of aromatic nitrogens is 2. The molecule has 5 nitrogen and oxygen atoms in total. The van der Waals surface area contributed by atoms with Crippen LogP contribution in [0.3, 0.4) is 0 Å². The lowest BCUT2D eigenvalue weighted by atomic mass is 10.2. The molecule has 0 saturated carbocycles. The molecule has 2 heterocycles. The molecule has 3 rings (SSSR count).